The summed E-state index contributed by atoms with van der Waals surface area (Å²) >= 11 is 0. The predicted molar refractivity (Wildman–Crippen MR) is 97.5 cm³/mol. The van der Waals surface area contributed by atoms with Crippen LogP contribution in [0.1, 0.15) is 29.7 Å². The number of halogens is 1. The van der Waals surface area contributed by atoms with Gasteiger partial charge in [0.05, 0.1) is 0 Å². The van der Waals surface area contributed by atoms with E-state index in [-0.39, 0.29) is 25.1 Å². The van der Waals surface area contributed by atoms with Crippen molar-refractivity contribution < 1.29 is 9.84 Å². The Morgan fingerprint density at radius 3 is 2.26 bits per heavy atom. The third-order valence-electron chi connectivity index (χ3n) is 3.60. The Balaban J connectivity index is 0.00000264. The van der Waals surface area contributed by atoms with Gasteiger partial charge in [-0.05, 0) is 49.6 Å². The van der Waals surface area contributed by atoms with E-state index in [9.17, 15) is 5.11 Å². The van der Waals surface area contributed by atoms with E-state index < -0.39 is 6.10 Å². The third-order valence-corrected chi connectivity index (χ3v) is 3.60. The maximum Gasteiger partial charge on any atom is 0.119 e. The average molecular weight is 336 g/mol. The van der Waals surface area contributed by atoms with Crippen molar-refractivity contribution in [1.29, 1.82) is 0 Å². The molecule has 2 aromatic rings. The van der Waals surface area contributed by atoms with Crippen molar-refractivity contribution >= 4 is 12.4 Å². The van der Waals surface area contributed by atoms with Crippen molar-refractivity contribution in [3.8, 4) is 5.75 Å². The molecule has 0 amide bonds. The molecule has 0 aromatic heterocycles. The molecule has 0 saturated heterocycles. The molecule has 2 atom stereocenters. The number of hydrogen-bond acceptors (Lipinski definition) is 3. The molecule has 23 heavy (non-hydrogen) atoms. The van der Waals surface area contributed by atoms with Gasteiger partial charge in [0.1, 0.15) is 18.5 Å². The molecule has 2 rings (SSSR count). The summed E-state index contributed by atoms with van der Waals surface area (Å²) < 4.78 is 5.68. The molecule has 2 N–H and O–H groups in total. The Morgan fingerprint density at radius 1 is 1.04 bits per heavy atom. The van der Waals surface area contributed by atoms with Gasteiger partial charge < -0.3 is 15.2 Å². The largest absolute Gasteiger partial charge is 0.491 e. The maximum atomic E-state index is 10.1. The van der Waals surface area contributed by atoms with Gasteiger partial charge in [-0.2, -0.15) is 0 Å². The van der Waals surface area contributed by atoms with Crippen LogP contribution in [0.15, 0.2) is 48.5 Å². The minimum Gasteiger partial charge on any atom is -0.491 e. The number of rotatable bonds is 7. The molecule has 4 heteroatoms. The fraction of sp³-hybridized carbons (Fsp3) is 0.368. The summed E-state index contributed by atoms with van der Waals surface area (Å²) in [6.45, 7) is 6.96. The van der Waals surface area contributed by atoms with Crippen molar-refractivity contribution in [2.24, 2.45) is 0 Å². The number of nitrogens with one attached hydrogen (secondary N) is 1. The van der Waals surface area contributed by atoms with Crippen LogP contribution in [-0.4, -0.2) is 24.4 Å². The molecule has 2 unspecified atom stereocenters. The van der Waals surface area contributed by atoms with Crippen LogP contribution in [0.2, 0.25) is 0 Å². The Hall–Kier alpha value is -1.55. The first-order valence-corrected chi connectivity index (χ1v) is 7.72. The second-order valence-corrected chi connectivity index (χ2v) is 5.83. The van der Waals surface area contributed by atoms with Crippen molar-refractivity contribution in [3.63, 3.8) is 0 Å². The molecule has 0 heterocycles. The minimum atomic E-state index is -0.535. The minimum absolute atomic E-state index is 0. The standard InChI is InChI=1S/C19H25NO2.ClH/c1-14-9-15(2)11-19(10-14)22-13-18(21)12-20-16(3)17-7-5-4-6-8-17;/h4-11,16,18,20-21H,12-13H2,1-3H3;1H. The monoisotopic (exact) mass is 335 g/mol. The van der Waals surface area contributed by atoms with Crippen LogP contribution in [0.3, 0.4) is 0 Å². The molecule has 126 valence electrons. The Kier molecular flexibility index (Phi) is 8.10. The fourth-order valence-corrected chi connectivity index (χ4v) is 2.44. The van der Waals surface area contributed by atoms with Gasteiger partial charge in [-0.15, -0.1) is 12.4 Å². The highest BCUT2D eigenvalue weighted by molar-refractivity contribution is 5.85. The van der Waals surface area contributed by atoms with Gasteiger partial charge in [0.15, 0.2) is 0 Å². The lowest BCUT2D eigenvalue weighted by molar-refractivity contribution is 0.104. The molecule has 3 nitrogen and oxygen atoms in total. The van der Waals surface area contributed by atoms with Crippen LogP contribution in [0.4, 0.5) is 0 Å². The van der Waals surface area contributed by atoms with E-state index in [1.807, 2.05) is 44.2 Å². The zero-order valence-corrected chi connectivity index (χ0v) is 14.8. The average Bonchev–Trinajstić information content (AvgIpc) is 2.50. The summed E-state index contributed by atoms with van der Waals surface area (Å²) in [5.74, 6) is 0.813. The van der Waals surface area contributed by atoms with E-state index in [0.29, 0.717) is 6.54 Å². The summed E-state index contributed by atoms with van der Waals surface area (Å²) in [7, 11) is 0. The molecule has 0 aliphatic rings. The van der Waals surface area contributed by atoms with Crippen molar-refractivity contribution in [2.75, 3.05) is 13.2 Å². The summed E-state index contributed by atoms with van der Waals surface area (Å²) in [6.07, 6.45) is -0.535. The Bertz CT molecular complexity index is 569. The summed E-state index contributed by atoms with van der Waals surface area (Å²) in [5, 5.41) is 13.4. The Labute approximate surface area is 145 Å². The summed E-state index contributed by atoms with van der Waals surface area (Å²) in [5.41, 5.74) is 3.55. The smallest absolute Gasteiger partial charge is 0.119 e. The van der Waals surface area contributed by atoms with Crippen LogP contribution in [0.5, 0.6) is 5.75 Å². The van der Waals surface area contributed by atoms with E-state index in [1.54, 1.807) is 0 Å². The second-order valence-electron chi connectivity index (χ2n) is 5.83. The van der Waals surface area contributed by atoms with Crippen LogP contribution in [-0.2, 0) is 0 Å². The molecule has 0 radical (unpaired) electrons. The molecule has 0 aliphatic heterocycles. The van der Waals surface area contributed by atoms with Gasteiger partial charge in [0.25, 0.3) is 0 Å². The van der Waals surface area contributed by atoms with Gasteiger partial charge in [0.2, 0.25) is 0 Å². The summed E-state index contributed by atoms with van der Waals surface area (Å²) in [6, 6.07) is 16.5. The molecule has 0 aliphatic carbocycles. The third kappa shape index (κ3) is 6.61. The first-order valence-electron chi connectivity index (χ1n) is 7.72. The van der Waals surface area contributed by atoms with Crippen LogP contribution in [0.25, 0.3) is 0 Å². The van der Waals surface area contributed by atoms with Gasteiger partial charge in [-0.1, -0.05) is 36.4 Å². The molecule has 0 bridgehead atoms. The van der Waals surface area contributed by atoms with Crippen LogP contribution >= 0.6 is 12.4 Å². The van der Waals surface area contributed by atoms with Gasteiger partial charge in [0, 0.05) is 12.6 Å². The number of ether oxygens (including phenoxy) is 1. The first-order chi connectivity index (χ1) is 10.5. The van der Waals surface area contributed by atoms with Crippen LogP contribution in [0, 0.1) is 13.8 Å². The number of hydrogen-bond donors (Lipinski definition) is 2. The fourth-order valence-electron chi connectivity index (χ4n) is 2.44. The molecular formula is C19H26ClNO2. The highest BCUT2D eigenvalue weighted by atomic mass is 35.5. The molecule has 2 aromatic carbocycles. The number of aryl methyl sites for hydroxylation is 2. The second kappa shape index (κ2) is 9.56. The van der Waals surface area contributed by atoms with Gasteiger partial charge in [-0.3, -0.25) is 0 Å². The predicted octanol–water partition coefficient (Wildman–Crippen LogP) is 3.82. The van der Waals surface area contributed by atoms with E-state index in [0.717, 1.165) is 5.75 Å². The highest BCUT2D eigenvalue weighted by Crippen LogP contribution is 2.16. The van der Waals surface area contributed by atoms with Crippen molar-refractivity contribution in [1.82, 2.24) is 5.32 Å². The van der Waals surface area contributed by atoms with E-state index in [4.69, 9.17) is 4.74 Å². The lowest BCUT2D eigenvalue weighted by atomic mass is 10.1. The Morgan fingerprint density at radius 2 is 1.65 bits per heavy atom. The first kappa shape index (κ1) is 19.5. The van der Waals surface area contributed by atoms with Gasteiger partial charge >= 0.3 is 0 Å². The number of benzene rings is 2. The number of aliphatic hydroxyl groups is 1. The van der Waals surface area contributed by atoms with E-state index in [2.05, 4.69) is 30.4 Å². The van der Waals surface area contributed by atoms with E-state index >= 15 is 0 Å². The SMILES string of the molecule is Cc1cc(C)cc(OCC(O)CNC(C)c2ccccc2)c1.Cl. The summed E-state index contributed by atoms with van der Waals surface area (Å²) in [4.78, 5) is 0. The van der Waals surface area contributed by atoms with Crippen molar-refractivity contribution in [3.05, 3.63) is 65.2 Å². The maximum absolute atomic E-state index is 10.1. The van der Waals surface area contributed by atoms with Crippen molar-refractivity contribution in [2.45, 2.75) is 32.9 Å². The van der Waals surface area contributed by atoms with E-state index in [1.165, 1.54) is 16.7 Å². The highest BCUT2D eigenvalue weighted by Gasteiger charge is 2.09. The molecule has 0 fully saturated rings. The van der Waals surface area contributed by atoms with Crippen LogP contribution < -0.4 is 10.1 Å². The molecular weight excluding hydrogens is 310 g/mol. The topological polar surface area (TPSA) is 41.5 Å². The zero-order chi connectivity index (χ0) is 15.9. The lowest BCUT2D eigenvalue weighted by Crippen LogP contribution is -2.33. The normalized spacial score (nSPS) is 13.0. The lowest BCUT2D eigenvalue weighted by Gasteiger charge is -2.18. The zero-order valence-electron chi connectivity index (χ0n) is 14.0. The number of aliphatic hydroxyl groups excluding tert-OH is 1. The molecule has 0 saturated carbocycles. The van der Waals surface area contributed by atoms with Gasteiger partial charge in [-0.25, -0.2) is 0 Å². The quantitative estimate of drug-likeness (QED) is 0.808. The molecule has 0 spiro atoms.